The molecule has 0 saturated carbocycles. The number of hydrogen-bond donors (Lipinski definition) is 3. The van der Waals surface area contributed by atoms with Crippen LogP contribution in [-0.2, 0) is 4.79 Å². The van der Waals surface area contributed by atoms with Crippen molar-refractivity contribution in [3.63, 3.8) is 0 Å². The van der Waals surface area contributed by atoms with Crippen molar-refractivity contribution in [2.45, 2.75) is 0 Å². The lowest BCUT2D eigenvalue weighted by molar-refractivity contribution is -0.134. The monoisotopic (exact) mass is 234 g/mol. The van der Waals surface area contributed by atoms with Crippen molar-refractivity contribution < 1.29 is 9.90 Å². The molecule has 0 aliphatic rings. The van der Waals surface area contributed by atoms with Crippen LogP contribution in [-0.4, -0.2) is 17.6 Å². The molecule has 4 N–H and O–H groups in total. The summed E-state index contributed by atoms with van der Waals surface area (Å²) >= 11 is 11.6. The molecule has 4 nitrogen and oxygen atoms in total. The van der Waals surface area contributed by atoms with Crippen molar-refractivity contribution in [2.24, 2.45) is 0 Å². The fraction of sp³-hybridized carbons (Fsp3) is 0.125. The fourth-order valence-corrected chi connectivity index (χ4v) is 1.40. The van der Waals surface area contributed by atoms with Gasteiger partial charge in [0.15, 0.2) is 0 Å². The van der Waals surface area contributed by atoms with E-state index in [4.69, 9.17) is 34.0 Å². The maximum absolute atomic E-state index is 10.3. The molecule has 0 radical (unpaired) electrons. The predicted molar refractivity (Wildman–Crippen MR) is 57.0 cm³/mol. The van der Waals surface area contributed by atoms with E-state index in [1.807, 2.05) is 0 Å². The van der Waals surface area contributed by atoms with Crippen LogP contribution in [0.5, 0.6) is 0 Å². The Hall–Kier alpha value is -1.13. The zero-order chi connectivity index (χ0) is 10.7. The van der Waals surface area contributed by atoms with Gasteiger partial charge in [0.2, 0.25) is 0 Å². The normalized spacial score (nSPS) is 9.86. The number of aliphatic carboxylic acids is 1. The number of nitrogens with one attached hydrogen (secondary N) is 1. The summed E-state index contributed by atoms with van der Waals surface area (Å²) in [6.07, 6.45) is 0. The molecule has 0 aliphatic carbocycles. The van der Waals surface area contributed by atoms with Gasteiger partial charge in [0.05, 0.1) is 21.4 Å². The Kier molecular flexibility index (Phi) is 3.43. The average molecular weight is 235 g/mol. The summed E-state index contributed by atoms with van der Waals surface area (Å²) in [4.78, 5) is 10.3. The standard InChI is InChI=1S/C8H8Cl2N2O2/c9-4-1-2-5(11)7(10)8(4)12-3-6(13)14/h1-2,12H,3,11H2,(H,13,14). The Morgan fingerprint density at radius 1 is 1.50 bits per heavy atom. The van der Waals surface area contributed by atoms with Gasteiger partial charge in [-0.3, -0.25) is 4.79 Å². The van der Waals surface area contributed by atoms with Crippen molar-refractivity contribution >= 4 is 40.5 Å². The van der Waals surface area contributed by atoms with E-state index in [0.29, 0.717) is 16.4 Å². The Bertz CT molecular complexity index is 369. The Morgan fingerprint density at radius 2 is 2.14 bits per heavy atom. The summed E-state index contributed by atoms with van der Waals surface area (Å²) in [5.74, 6) is -1.00. The molecule has 14 heavy (non-hydrogen) atoms. The molecule has 0 aliphatic heterocycles. The topological polar surface area (TPSA) is 75.3 Å². The average Bonchev–Trinajstić information content (AvgIpc) is 2.11. The summed E-state index contributed by atoms with van der Waals surface area (Å²) in [6.45, 7) is -0.261. The molecule has 76 valence electrons. The van der Waals surface area contributed by atoms with Crippen LogP contribution in [0.1, 0.15) is 0 Å². The van der Waals surface area contributed by atoms with Crippen molar-refractivity contribution in [2.75, 3.05) is 17.6 Å². The number of carboxylic acid groups (broad SMARTS) is 1. The van der Waals surface area contributed by atoms with Gasteiger partial charge < -0.3 is 16.2 Å². The van der Waals surface area contributed by atoms with Gasteiger partial charge in [-0.1, -0.05) is 23.2 Å². The molecule has 1 rings (SSSR count). The highest BCUT2D eigenvalue weighted by Gasteiger charge is 2.09. The molecule has 0 aromatic heterocycles. The molecule has 0 heterocycles. The summed E-state index contributed by atoms with van der Waals surface area (Å²) < 4.78 is 0. The summed E-state index contributed by atoms with van der Waals surface area (Å²) in [5.41, 5.74) is 6.21. The largest absolute Gasteiger partial charge is 0.480 e. The Morgan fingerprint density at radius 3 is 2.71 bits per heavy atom. The van der Waals surface area contributed by atoms with Crippen molar-refractivity contribution in [3.8, 4) is 0 Å². The van der Waals surface area contributed by atoms with Gasteiger partial charge in [0.1, 0.15) is 6.54 Å². The van der Waals surface area contributed by atoms with Gasteiger partial charge >= 0.3 is 5.97 Å². The summed E-state index contributed by atoms with van der Waals surface area (Å²) in [7, 11) is 0. The van der Waals surface area contributed by atoms with Crippen LogP contribution in [0.4, 0.5) is 11.4 Å². The van der Waals surface area contributed by atoms with Gasteiger partial charge in [0.25, 0.3) is 0 Å². The second kappa shape index (κ2) is 4.39. The third-order valence-electron chi connectivity index (χ3n) is 1.54. The number of benzene rings is 1. The lowest BCUT2D eigenvalue weighted by Gasteiger charge is -2.09. The van der Waals surface area contributed by atoms with Crippen molar-refractivity contribution in [1.29, 1.82) is 0 Å². The van der Waals surface area contributed by atoms with Crippen LogP contribution >= 0.6 is 23.2 Å². The van der Waals surface area contributed by atoms with Gasteiger partial charge in [-0.15, -0.1) is 0 Å². The van der Waals surface area contributed by atoms with Gasteiger partial charge in [-0.05, 0) is 12.1 Å². The van der Waals surface area contributed by atoms with Crippen LogP contribution in [0.15, 0.2) is 12.1 Å². The number of hydrogen-bond acceptors (Lipinski definition) is 3. The quantitative estimate of drug-likeness (QED) is 0.701. The predicted octanol–water partition coefficient (Wildman–Crippen LogP) is 2.07. The smallest absolute Gasteiger partial charge is 0.322 e. The molecule has 0 amide bonds. The molecule has 0 spiro atoms. The number of anilines is 2. The van der Waals surface area contributed by atoms with Crippen LogP contribution in [0.2, 0.25) is 10.0 Å². The van der Waals surface area contributed by atoms with Crippen molar-refractivity contribution in [3.05, 3.63) is 22.2 Å². The van der Waals surface area contributed by atoms with Crippen LogP contribution in [0, 0.1) is 0 Å². The van der Waals surface area contributed by atoms with E-state index in [0.717, 1.165) is 0 Å². The molecule has 0 unspecified atom stereocenters. The first-order valence-electron chi connectivity index (χ1n) is 3.71. The summed E-state index contributed by atoms with van der Waals surface area (Å²) in [5, 5.41) is 11.6. The first-order valence-corrected chi connectivity index (χ1v) is 4.47. The number of carboxylic acids is 1. The van der Waals surface area contributed by atoms with Crippen LogP contribution in [0.3, 0.4) is 0 Å². The molecular formula is C8H8Cl2N2O2. The van der Waals surface area contributed by atoms with E-state index in [1.165, 1.54) is 0 Å². The van der Waals surface area contributed by atoms with E-state index in [9.17, 15) is 4.79 Å². The second-order valence-corrected chi connectivity index (χ2v) is 3.36. The molecule has 1 aromatic carbocycles. The van der Waals surface area contributed by atoms with Gasteiger partial charge in [-0.25, -0.2) is 0 Å². The number of rotatable bonds is 3. The maximum Gasteiger partial charge on any atom is 0.322 e. The minimum atomic E-state index is -1.00. The van der Waals surface area contributed by atoms with Crippen LogP contribution < -0.4 is 11.1 Å². The molecular weight excluding hydrogens is 227 g/mol. The third-order valence-corrected chi connectivity index (χ3v) is 2.26. The van der Waals surface area contributed by atoms with Crippen LogP contribution in [0.25, 0.3) is 0 Å². The minimum absolute atomic E-state index is 0.235. The lowest BCUT2D eigenvalue weighted by atomic mass is 10.3. The lowest BCUT2D eigenvalue weighted by Crippen LogP contribution is -2.13. The number of carbonyl (C=O) groups is 1. The number of nitrogen functional groups attached to an aromatic ring is 1. The summed E-state index contributed by atoms with van der Waals surface area (Å²) in [6, 6.07) is 3.10. The number of nitrogens with two attached hydrogens (primary N) is 1. The Labute approximate surface area is 90.6 Å². The highest BCUT2D eigenvalue weighted by molar-refractivity contribution is 6.40. The molecule has 0 saturated heterocycles. The molecule has 0 fully saturated rings. The minimum Gasteiger partial charge on any atom is -0.480 e. The van der Waals surface area contributed by atoms with Gasteiger partial charge in [-0.2, -0.15) is 0 Å². The van der Waals surface area contributed by atoms with E-state index in [-0.39, 0.29) is 11.6 Å². The molecule has 0 bridgehead atoms. The number of halogens is 2. The van der Waals surface area contributed by atoms with E-state index >= 15 is 0 Å². The van der Waals surface area contributed by atoms with Crippen molar-refractivity contribution in [1.82, 2.24) is 0 Å². The first kappa shape index (κ1) is 10.9. The molecule has 6 heteroatoms. The van der Waals surface area contributed by atoms with E-state index < -0.39 is 5.97 Å². The van der Waals surface area contributed by atoms with Gasteiger partial charge in [0, 0.05) is 0 Å². The third kappa shape index (κ3) is 2.43. The SMILES string of the molecule is Nc1ccc(Cl)c(NCC(=O)O)c1Cl. The van der Waals surface area contributed by atoms with E-state index in [2.05, 4.69) is 5.32 Å². The zero-order valence-electron chi connectivity index (χ0n) is 7.05. The second-order valence-electron chi connectivity index (χ2n) is 2.57. The highest BCUT2D eigenvalue weighted by atomic mass is 35.5. The zero-order valence-corrected chi connectivity index (χ0v) is 8.56. The molecule has 0 atom stereocenters. The van der Waals surface area contributed by atoms with E-state index in [1.54, 1.807) is 12.1 Å². The first-order chi connectivity index (χ1) is 6.52. The fourth-order valence-electron chi connectivity index (χ4n) is 0.895. The highest BCUT2D eigenvalue weighted by Crippen LogP contribution is 2.34. The Balaban J connectivity index is 2.95. The maximum atomic E-state index is 10.3. The molecule has 1 aromatic rings.